The van der Waals surface area contributed by atoms with Crippen LogP contribution in [0.25, 0.3) is 5.69 Å². The third kappa shape index (κ3) is 2.05. The second-order valence-corrected chi connectivity index (χ2v) is 6.07. The van der Waals surface area contributed by atoms with E-state index in [1.165, 1.54) is 16.7 Å². The van der Waals surface area contributed by atoms with Crippen LogP contribution in [0.5, 0.6) is 0 Å². The first-order valence-electron chi connectivity index (χ1n) is 7.79. The lowest BCUT2D eigenvalue weighted by molar-refractivity contribution is 0.107. The molecule has 1 fully saturated rings. The SMILES string of the molecule is Cc1ccc(-n2nc(C3CCCO3)c3c2NCC3)cc1C. The van der Waals surface area contributed by atoms with Crippen molar-refractivity contribution in [3.05, 3.63) is 40.6 Å². The van der Waals surface area contributed by atoms with Crippen LogP contribution in [0.15, 0.2) is 18.2 Å². The van der Waals surface area contributed by atoms with Crippen molar-refractivity contribution in [2.75, 3.05) is 18.5 Å². The maximum atomic E-state index is 5.85. The van der Waals surface area contributed by atoms with Gasteiger partial charge in [0, 0.05) is 18.7 Å². The summed E-state index contributed by atoms with van der Waals surface area (Å²) in [5.74, 6) is 1.16. The van der Waals surface area contributed by atoms with E-state index in [-0.39, 0.29) is 6.10 Å². The van der Waals surface area contributed by atoms with Crippen LogP contribution in [0.3, 0.4) is 0 Å². The van der Waals surface area contributed by atoms with Crippen molar-refractivity contribution >= 4 is 5.82 Å². The van der Waals surface area contributed by atoms with Gasteiger partial charge in [-0.1, -0.05) is 6.07 Å². The fourth-order valence-corrected chi connectivity index (χ4v) is 3.30. The van der Waals surface area contributed by atoms with Crippen LogP contribution in [0.2, 0.25) is 0 Å². The molecule has 0 bridgehead atoms. The topological polar surface area (TPSA) is 39.1 Å². The molecule has 0 spiro atoms. The molecule has 1 saturated heterocycles. The maximum Gasteiger partial charge on any atom is 0.133 e. The van der Waals surface area contributed by atoms with Gasteiger partial charge in [0.1, 0.15) is 11.9 Å². The Hall–Kier alpha value is -1.81. The second kappa shape index (κ2) is 4.88. The van der Waals surface area contributed by atoms with Gasteiger partial charge in [-0.15, -0.1) is 0 Å². The average Bonchev–Trinajstić information content (AvgIpc) is 3.17. The first kappa shape index (κ1) is 12.9. The molecule has 1 aromatic heterocycles. The van der Waals surface area contributed by atoms with E-state index < -0.39 is 0 Å². The highest BCUT2D eigenvalue weighted by molar-refractivity contribution is 5.58. The molecule has 1 N–H and O–H groups in total. The number of rotatable bonds is 2. The van der Waals surface area contributed by atoms with Gasteiger partial charge in [-0.3, -0.25) is 0 Å². The van der Waals surface area contributed by atoms with Crippen molar-refractivity contribution in [3.8, 4) is 5.69 Å². The largest absolute Gasteiger partial charge is 0.372 e. The maximum absolute atomic E-state index is 5.85. The molecule has 2 aliphatic heterocycles. The van der Waals surface area contributed by atoms with Gasteiger partial charge in [-0.25, -0.2) is 4.68 Å². The minimum absolute atomic E-state index is 0.187. The summed E-state index contributed by atoms with van der Waals surface area (Å²) in [6.45, 7) is 6.15. The summed E-state index contributed by atoms with van der Waals surface area (Å²) in [7, 11) is 0. The van der Waals surface area contributed by atoms with Crippen molar-refractivity contribution < 1.29 is 4.74 Å². The van der Waals surface area contributed by atoms with E-state index in [1.54, 1.807) is 0 Å². The number of nitrogens with one attached hydrogen (secondary N) is 1. The summed E-state index contributed by atoms with van der Waals surface area (Å²) in [4.78, 5) is 0. The monoisotopic (exact) mass is 283 g/mol. The van der Waals surface area contributed by atoms with Gasteiger partial charge >= 0.3 is 0 Å². The molecule has 21 heavy (non-hydrogen) atoms. The summed E-state index contributed by atoms with van der Waals surface area (Å²) < 4.78 is 7.91. The minimum atomic E-state index is 0.187. The van der Waals surface area contributed by atoms with Crippen molar-refractivity contribution in [1.82, 2.24) is 9.78 Å². The lowest BCUT2D eigenvalue weighted by atomic mass is 10.1. The Morgan fingerprint density at radius 3 is 2.95 bits per heavy atom. The Morgan fingerprint density at radius 1 is 1.29 bits per heavy atom. The van der Waals surface area contributed by atoms with E-state index in [4.69, 9.17) is 9.84 Å². The molecule has 2 aliphatic rings. The molecule has 2 aromatic rings. The highest BCUT2D eigenvalue weighted by Gasteiger charge is 2.30. The molecule has 0 aliphatic carbocycles. The van der Waals surface area contributed by atoms with Gasteiger partial charge in [-0.05, 0) is 56.4 Å². The zero-order valence-electron chi connectivity index (χ0n) is 12.6. The van der Waals surface area contributed by atoms with Crippen molar-refractivity contribution in [2.24, 2.45) is 0 Å². The minimum Gasteiger partial charge on any atom is -0.372 e. The molecule has 1 aromatic carbocycles. The highest BCUT2D eigenvalue weighted by atomic mass is 16.5. The van der Waals surface area contributed by atoms with Crippen LogP contribution < -0.4 is 5.32 Å². The molecule has 110 valence electrons. The van der Waals surface area contributed by atoms with Gasteiger partial charge in [0.15, 0.2) is 0 Å². The lowest BCUT2D eigenvalue weighted by Gasteiger charge is -2.09. The van der Waals surface area contributed by atoms with E-state index in [2.05, 4.69) is 42.0 Å². The fourth-order valence-electron chi connectivity index (χ4n) is 3.30. The van der Waals surface area contributed by atoms with E-state index in [0.717, 1.165) is 49.6 Å². The Bertz CT molecular complexity index is 684. The predicted molar refractivity (Wildman–Crippen MR) is 83.2 cm³/mol. The summed E-state index contributed by atoms with van der Waals surface area (Å²) >= 11 is 0. The van der Waals surface area contributed by atoms with Crippen molar-refractivity contribution in [3.63, 3.8) is 0 Å². The first-order chi connectivity index (χ1) is 10.2. The normalized spacial score (nSPS) is 20.6. The summed E-state index contributed by atoms with van der Waals surface area (Å²) in [5.41, 5.74) is 6.24. The lowest BCUT2D eigenvalue weighted by Crippen LogP contribution is -2.07. The molecular weight excluding hydrogens is 262 g/mol. The number of anilines is 1. The second-order valence-electron chi connectivity index (χ2n) is 6.07. The van der Waals surface area contributed by atoms with Crippen LogP contribution in [-0.4, -0.2) is 22.9 Å². The van der Waals surface area contributed by atoms with Crippen LogP contribution in [-0.2, 0) is 11.2 Å². The van der Waals surface area contributed by atoms with Gasteiger partial charge < -0.3 is 10.1 Å². The third-order valence-corrected chi connectivity index (χ3v) is 4.65. The molecule has 0 saturated carbocycles. The highest BCUT2D eigenvalue weighted by Crippen LogP contribution is 2.37. The zero-order chi connectivity index (χ0) is 14.4. The Labute approximate surface area is 125 Å². The number of aryl methyl sites for hydroxylation is 2. The van der Waals surface area contributed by atoms with Gasteiger partial charge in [-0.2, -0.15) is 5.10 Å². The van der Waals surface area contributed by atoms with Crippen molar-refractivity contribution in [2.45, 2.75) is 39.2 Å². The van der Waals surface area contributed by atoms with E-state index in [9.17, 15) is 0 Å². The number of ether oxygens (including phenoxy) is 1. The molecule has 4 rings (SSSR count). The molecule has 1 unspecified atom stereocenters. The smallest absolute Gasteiger partial charge is 0.133 e. The average molecular weight is 283 g/mol. The molecule has 0 radical (unpaired) electrons. The Morgan fingerprint density at radius 2 is 2.19 bits per heavy atom. The molecule has 4 nitrogen and oxygen atoms in total. The van der Waals surface area contributed by atoms with Gasteiger partial charge in [0.25, 0.3) is 0 Å². The van der Waals surface area contributed by atoms with E-state index >= 15 is 0 Å². The van der Waals surface area contributed by atoms with Gasteiger partial charge in [0.05, 0.1) is 11.4 Å². The third-order valence-electron chi connectivity index (χ3n) is 4.65. The standard InChI is InChI=1S/C17H21N3O/c1-11-5-6-13(10-12(11)2)20-17-14(7-8-18-17)16(19-20)15-4-3-9-21-15/h5-6,10,15,18H,3-4,7-9H2,1-2H3. The van der Waals surface area contributed by atoms with Crippen LogP contribution in [0.1, 0.15) is 41.3 Å². The number of hydrogen-bond donors (Lipinski definition) is 1. The number of hydrogen-bond acceptors (Lipinski definition) is 3. The molecule has 4 heteroatoms. The molecular formula is C17H21N3O. The number of nitrogens with zero attached hydrogens (tertiary/aromatic N) is 2. The van der Waals surface area contributed by atoms with Crippen LogP contribution >= 0.6 is 0 Å². The van der Waals surface area contributed by atoms with E-state index in [0.29, 0.717) is 0 Å². The predicted octanol–water partition coefficient (Wildman–Crippen LogP) is 3.31. The van der Waals surface area contributed by atoms with Crippen molar-refractivity contribution in [1.29, 1.82) is 0 Å². The van der Waals surface area contributed by atoms with Crippen LogP contribution in [0.4, 0.5) is 5.82 Å². The molecule has 1 atom stereocenters. The quantitative estimate of drug-likeness (QED) is 0.919. The van der Waals surface area contributed by atoms with Gasteiger partial charge in [0.2, 0.25) is 0 Å². The fraction of sp³-hybridized carbons (Fsp3) is 0.471. The summed E-state index contributed by atoms with van der Waals surface area (Å²) in [6, 6.07) is 6.52. The zero-order valence-corrected chi connectivity index (χ0v) is 12.6. The number of fused-ring (bicyclic) bond motifs is 1. The first-order valence-corrected chi connectivity index (χ1v) is 7.79. The number of aromatic nitrogens is 2. The number of benzene rings is 1. The Balaban J connectivity index is 1.81. The molecule has 0 amide bonds. The van der Waals surface area contributed by atoms with Crippen LogP contribution in [0, 0.1) is 13.8 Å². The summed E-state index contributed by atoms with van der Waals surface area (Å²) in [6.07, 6.45) is 3.47. The van der Waals surface area contributed by atoms with E-state index in [1.807, 2.05) is 0 Å². The Kier molecular flexibility index (Phi) is 3.00. The summed E-state index contributed by atoms with van der Waals surface area (Å²) in [5, 5.41) is 8.37. The molecule has 3 heterocycles.